The lowest BCUT2D eigenvalue weighted by Gasteiger charge is -2.18. The van der Waals surface area contributed by atoms with Crippen molar-refractivity contribution in [3.8, 4) is 0 Å². The lowest BCUT2D eigenvalue weighted by Crippen LogP contribution is -2.30. The molecule has 0 saturated heterocycles. The molecule has 21 heavy (non-hydrogen) atoms. The molecule has 0 radical (unpaired) electrons. The molecule has 0 fully saturated rings. The number of amides is 1. The lowest BCUT2D eigenvalue weighted by molar-refractivity contribution is -0.160. The summed E-state index contributed by atoms with van der Waals surface area (Å²) in [4.78, 5) is 22.7. The number of carbonyl (C=O) groups excluding carboxylic acids is 1. The van der Waals surface area contributed by atoms with E-state index in [2.05, 4.69) is 0 Å². The molecule has 0 spiro atoms. The molecule has 0 unspecified atom stereocenters. The predicted octanol–water partition coefficient (Wildman–Crippen LogP) is 2.70. The molecular weight excluding hydrogens is 287 g/mol. The summed E-state index contributed by atoms with van der Waals surface area (Å²) in [6, 6.07) is 6.49. The van der Waals surface area contributed by atoms with E-state index in [1.165, 1.54) is 13.1 Å². The van der Waals surface area contributed by atoms with Crippen LogP contribution in [0.1, 0.15) is 17.5 Å². The maximum atomic E-state index is 12.1. The Labute approximate surface area is 119 Å². The summed E-state index contributed by atoms with van der Waals surface area (Å²) in [7, 11) is 1.30. The van der Waals surface area contributed by atoms with Gasteiger partial charge in [0.1, 0.15) is 6.42 Å². The third-order valence-corrected chi connectivity index (χ3v) is 2.60. The molecule has 0 aliphatic heterocycles. The quantitative estimate of drug-likeness (QED) is 0.851. The second kappa shape index (κ2) is 6.92. The van der Waals surface area contributed by atoms with Gasteiger partial charge in [0.15, 0.2) is 0 Å². The standard InChI is InChI=1S/C14H14F3NO3/c1-18(12(19)8-14(15,16)17)9-11-4-2-10(3-5-11)6-7-13(20)21/h2-7H,8-9H2,1H3,(H,20,21). The van der Waals surface area contributed by atoms with Crippen LogP contribution in [-0.4, -0.2) is 35.1 Å². The molecular formula is C14H14F3NO3. The second-order valence-electron chi connectivity index (χ2n) is 4.45. The van der Waals surface area contributed by atoms with E-state index in [4.69, 9.17) is 5.11 Å². The van der Waals surface area contributed by atoms with Crippen LogP contribution < -0.4 is 0 Å². The second-order valence-corrected chi connectivity index (χ2v) is 4.45. The normalized spacial score (nSPS) is 11.6. The summed E-state index contributed by atoms with van der Waals surface area (Å²) in [6.07, 6.45) is -3.63. The molecule has 1 aromatic carbocycles. The fourth-order valence-electron chi connectivity index (χ4n) is 1.57. The topological polar surface area (TPSA) is 57.6 Å². The third-order valence-electron chi connectivity index (χ3n) is 2.60. The number of hydrogen-bond donors (Lipinski definition) is 1. The van der Waals surface area contributed by atoms with E-state index in [9.17, 15) is 22.8 Å². The molecule has 7 heteroatoms. The SMILES string of the molecule is CN(Cc1ccc(C=CC(=O)O)cc1)C(=O)CC(F)(F)F. The Morgan fingerprint density at radius 3 is 2.29 bits per heavy atom. The summed E-state index contributed by atoms with van der Waals surface area (Å²) in [5.41, 5.74) is 1.30. The molecule has 0 saturated carbocycles. The van der Waals surface area contributed by atoms with Crippen molar-refractivity contribution in [2.45, 2.75) is 19.1 Å². The summed E-state index contributed by atoms with van der Waals surface area (Å²) in [5, 5.41) is 8.48. The largest absolute Gasteiger partial charge is 0.478 e. The zero-order valence-electron chi connectivity index (χ0n) is 11.2. The number of rotatable bonds is 5. The first-order valence-electron chi connectivity index (χ1n) is 5.98. The first-order chi connectivity index (χ1) is 9.67. The monoisotopic (exact) mass is 301 g/mol. The van der Waals surface area contributed by atoms with Gasteiger partial charge >= 0.3 is 12.1 Å². The number of carbonyl (C=O) groups is 2. The Balaban J connectivity index is 2.63. The summed E-state index contributed by atoms with van der Waals surface area (Å²) in [6.45, 7) is 0.0534. The zero-order valence-corrected chi connectivity index (χ0v) is 11.2. The molecule has 1 N–H and O–H groups in total. The Morgan fingerprint density at radius 2 is 1.81 bits per heavy atom. The van der Waals surface area contributed by atoms with Crippen molar-refractivity contribution in [1.82, 2.24) is 4.90 Å². The number of alkyl halides is 3. The zero-order chi connectivity index (χ0) is 16.0. The third kappa shape index (κ3) is 6.60. The van der Waals surface area contributed by atoms with Crippen LogP contribution in [-0.2, 0) is 16.1 Å². The van der Waals surface area contributed by atoms with E-state index < -0.39 is 24.5 Å². The van der Waals surface area contributed by atoms with Crippen LogP contribution in [0.25, 0.3) is 6.08 Å². The van der Waals surface area contributed by atoms with Gasteiger partial charge < -0.3 is 10.0 Å². The van der Waals surface area contributed by atoms with Gasteiger partial charge in [-0.2, -0.15) is 13.2 Å². The number of carboxylic acids is 1. The van der Waals surface area contributed by atoms with Gasteiger partial charge in [-0.15, -0.1) is 0 Å². The number of benzene rings is 1. The van der Waals surface area contributed by atoms with Gasteiger partial charge in [-0.1, -0.05) is 24.3 Å². The Morgan fingerprint density at radius 1 is 1.24 bits per heavy atom. The Hall–Kier alpha value is -2.31. The lowest BCUT2D eigenvalue weighted by atomic mass is 10.1. The number of hydrogen-bond acceptors (Lipinski definition) is 2. The van der Waals surface area contributed by atoms with Gasteiger partial charge in [0, 0.05) is 19.7 Å². The van der Waals surface area contributed by atoms with Crippen molar-refractivity contribution >= 4 is 18.0 Å². The molecule has 0 aromatic heterocycles. The number of halogens is 3. The van der Waals surface area contributed by atoms with Crippen LogP contribution in [0, 0.1) is 0 Å². The van der Waals surface area contributed by atoms with Crippen molar-refractivity contribution < 1.29 is 27.9 Å². The van der Waals surface area contributed by atoms with Crippen LogP contribution >= 0.6 is 0 Å². The molecule has 0 heterocycles. The van der Waals surface area contributed by atoms with Gasteiger partial charge in [-0.25, -0.2) is 4.79 Å². The molecule has 4 nitrogen and oxygen atoms in total. The van der Waals surface area contributed by atoms with Crippen LogP contribution in [0.15, 0.2) is 30.3 Å². The van der Waals surface area contributed by atoms with Gasteiger partial charge in [0.25, 0.3) is 0 Å². The molecule has 0 atom stereocenters. The highest BCUT2D eigenvalue weighted by Gasteiger charge is 2.32. The highest BCUT2D eigenvalue weighted by Crippen LogP contribution is 2.21. The first kappa shape index (κ1) is 16.7. The van der Waals surface area contributed by atoms with Crippen molar-refractivity contribution in [2.75, 3.05) is 7.05 Å². The average Bonchev–Trinajstić information content (AvgIpc) is 2.35. The van der Waals surface area contributed by atoms with E-state index in [1.807, 2.05) is 0 Å². The number of aliphatic carboxylic acids is 1. The van der Waals surface area contributed by atoms with Crippen LogP contribution in [0.3, 0.4) is 0 Å². The van der Waals surface area contributed by atoms with Gasteiger partial charge in [0.2, 0.25) is 5.91 Å². The first-order valence-corrected chi connectivity index (χ1v) is 5.98. The maximum absolute atomic E-state index is 12.1. The van der Waals surface area contributed by atoms with Crippen LogP contribution in [0.4, 0.5) is 13.2 Å². The molecule has 1 amide bonds. The van der Waals surface area contributed by atoms with E-state index in [1.54, 1.807) is 24.3 Å². The fourth-order valence-corrected chi connectivity index (χ4v) is 1.57. The maximum Gasteiger partial charge on any atom is 0.397 e. The summed E-state index contributed by atoms with van der Waals surface area (Å²) in [5.74, 6) is -2.08. The highest BCUT2D eigenvalue weighted by molar-refractivity contribution is 5.85. The van der Waals surface area contributed by atoms with Crippen LogP contribution in [0.2, 0.25) is 0 Å². The van der Waals surface area contributed by atoms with Gasteiger partial charge in [-0.05, 0) is 17.2 Å². The van der Waals surface area contributed by atoms with E-state index in [-0.39, 0.29) is 6.54 Å². The molecule has 1 rings (SSSR count). The Kier molecular flexibility index (Phi) is 5.52. The van der Waals surface area contributed by atoms with Crippen molar-refractivity contribution in [3.63, 3.8) is 0 Å². The predicted molar refractivity (Wildman–Crippen MR) is 70.3 cm³/mol. The Bertz CT molecular complexity index is 535. The van der Waals surface area contributed by atoms with Gasteiger partial charge in [0.05, 0.1) is 0 Å². The minimum atomic E-state index is -4.52. The summed E-state index contributed by atoms with van der Waals surface area (Å²) >= 11 is 0. The molecule has 0 bridgehead atoms. The van der Waals surface area contributed by atoms with Crippen LogP contribution in [0.5, 0.6) is 0 Å². The smallest absolute Gasteiger partial charge is 0.397 e. The molecule has 0 aliphatic carbocycles. The molecule has 1 aromatic rings. The van der Waals surface area contributed by atoms with Crippen molar-refractivity contribution in [3.05, 3.63) is 41.5 Å². The van der Waals surface area contributed by atoms with E-state index >= 15 is 0 Å². The minimum absolute atomic E-state index is 0.0534. The average molecular weight is 301 g/mol. The van der Waals surface area contributed by atoms with E-state index in [0.29, 0.717) is 11.1 Å². The molecule has 114 valence electrons. The van der Waals surface area contributed by atoms with Crippen molar-refractivity contribution in [2.24, 2.45) is 0 Å². The van der Waals surface area contributed by atoms with Crippen molar-refractivity contribution in [1.29, 1.82) is 0 Å². The minimum Gasteiger partial charge on any atom is -0.478 e. The fraction of sp³-hybridized carbons (Fsp3) is 0.286. The summed E-state index contributed by atoms with van der Waals surface area (Å²) < 4.78 is 36.3. The number of nitrogens with zero attached hydrogens (tertiary/aromatic N) is 1. The highest BCUT2D eigenvalue weighted by atomic mass is 19.4. The van der Waals surface area contributed by atoms with Gasteiger partial charge in [-0.3, -0.25) is 4.79 Å². The van der Waals surface area contributed by atoms with E-state index in [0.717, 1.165) is 11.0 Å². The molecule has 0 aliphatic rings. The number of carboxylic acid groups (broad SMARTS) is 1.